The number of hydrogen-bond donors (Lipinski definition) is 0. The van der Waals surface area contributed by atoms with Crippen LogP contribution in [-0.4, -0.2) is 21.2 Å². The lowest BCUT2D eigenvalue weighted by Gasteiger charge is -2.21. The standard InChI is InChI=1S/C16H15F6N3/c17-15(18,19)12-6-11(7-13(8-12)16(20,21)22)9-24-4-1-5-25-14(10-24)2-3-23-25/h2-3,6-8H,1,4-5,9-10H2. The molecule has 0 N–H and O–H groups in total. The lowest BCUT2D eigenvalue weighted by atomic mass is 10.0. The summed E-state index contributed by atoms with van der Waals surface area (Å²) in [6, 6.07) is 3.53. The molecule has 3 rings (SSSR count). The number of alkyl halides is 6. The van der Waals surface area contributed by atoms with E-state index in [2.05, 4.69) is 5.10 Å². The molecule has 9 heteroatoms. The molecule has 0 saturated carbocycles. The zero-order chi connectivity index (χ0) is 18.2. The zero-order valence-electron chi connectivity index (χ0n) is 13.0. The number of aryl methyl sites for hydroxylation is 1. The highest BCUT2D eigenvalue weighted by Crippen LogP contribution is 2.36. The molecule has 1 aromatic heterocycles. The van der Waals surface area contributed by atoms with Gasteiger partial charge in [0.15, 0.2) is 0 Å². The van der Waals surface area contributed by atoms with Crippen LogP contribution < -0.4 is 0 Å². The van der Waals surface area contributed by atoms with Crippen LogP contribution in [0.5, 0.6) is 0 Å². The first kappa shape index (κ1) is 17.8. The van der Waals surface area contributed by atoms with Crippen molar-refractivity contribution in [1.82, 2.24) is 14.7 Å². The third-order valence-corrected chi connectivity index (χ3v) is 4.09. The summed E-state index contributed by atoms with van der Waals surface area (Å²) in [5.41, 5.74) is -1.68. The first-order valence-electron chi connectivity index (χ1n) is 7.64. The van der Waals surface area contributed by atoms with E-state index in [1.54, 1.807) is 16.9 Å². The minimum atomic E-state index is -4.83. The topological polar surface area (TPSA) is 21.1 Å². The number of aromatic nitrogens is 2. The fourth-order valence-electron chi connectivity index (χ4n) is 2.95. The van der Waals surface area contributed by atoms with Gasteiger partial charge in [-0.25, -0.2) is 0 Å². The second-order valence-corrected chi connectivity index (χ2v) is 6.02. The zero-order valence-corrected chi connectivity index (χ0v) is 13.0. The number of fused-ring (bicyclic) bond motifs is 1. The summed E-state index contributed by atoms with van der Waals surface area (Å²) in [6.07, 6.45) is -7.30. The molecule has 0 amide bonds. The Bertz CT molecular complexity index is 715. The number of benzene rings is 1. The normalized spacial score (nSPS) is 16.6. The van der Waals surface area contributed by atoms with Gasteiger partial charge in [0.25, 0.3) is 0 Å². The molecule has 0 bridgehead atoms. The molecule has 1 aliphatic rings. The number of hydrogen-bond acceptors (Lipinski definition) is 2. The molecule has 2 aromatic rings. The molecule has 0 saturated heterocycles. The van der Waals surface area contributed by atoms with E-state index < -0.39 is 23.5 Å². The molecule has 0 unspecified atom stereocenters. The molecule has 0 spiro atoms. The number of nitrogens with zero attached hydrogens (tertiary/aromatic N) is 3. The van der Waals surface area contributed by atoms with Crippen LogP contribution in [0.25, 0.3) is 0 Å². The van der Waals surface area contributed by atoms with Crippen molar-refractivity contribution < 1.29 is 26.3 Å². The fraction of sp³-hybridized carbons (Fsp3) is 0.438. The van der Waals surface area contributed by atoms with Crippen LogP contribution in [0.15, 0.2) is 30.5 Å². The Morgan fingerprint density at radius 2 is 1.56 bits per heavy atom. The summed E-state index contributed by atoms with van der Waals surface area (Å²) in [6.45, 7) is 1.69. The molecular formula is C16H15F6N3. The van der Waals surface area contributed by atoms with Gasteiger partial charge in [0.05, 0.1) is 16.8 Å². The van der Waals surface area contributed by atoms with Crippen LogP contribution >= 0.6 is 0 Å². The first-order valence-corrected chi connectivity index (χ1v) is 7.64. The summed E-state index contributed by atoms with van der Waals surface area (Å²) in [5.74, 6) is 0. The molecule has 0 atom stereocenters. The molecule has 0 fully saturated rings. The molecule has 0 aliphatic carbocycles. The predicted octanol–water partition coefficient (Wildman–Crippen LogP) is 4.33. The molecule has 1 aliphatic heterocycles. The highest BCUT2D eigenvalue weighted by Gasteiger charge is 2.37. The second kappa shape index (κ2) is 6.36. The molecule has 136 valence electrons. The van der Waals surface area contributed by atoms with Crippen LogP contribution in [0.4, 0.5) is 26.3 Å². The van der Waals surface area contributed by atoms with Crippen molar-refractivity contribution in [2.45, 2.75) is 38.4 Å². The summed E-state index contributed by atoms with van der Waals surface area (Å²) >= 11 is 0. The largest absolute Gasteiger partial charge is 0.416 e. The lowest BCUT2D eigenvalue weighted by molar-refractivity contribution is -0.143. The average molecular weight is 363 g/mol. The van der Waals surface area contributed by atoms with Gasteiger partial charge in [0.1, 0.15) is 0 Å². The maximum Gasteiger partial charge on any atom is 0.416 e. The van der Waals surface area contributed by atoms with Gasteiger partial charge in [-0.3, -0.25) is 9.58 Å². The molecular weight excluding hydrogens is 348 g/mol. The van der Waals surface area contributed by atoms with E-state index in [4.69, 9.17) is 0 Å². The minimum absolute atomic E-state index is 0.00452. The first-order chi connectivity index (χ1) is 11.6. The van der Waals surface area contributed by atoms with Crippen molar-refractivity contribution in [1.29, 1.82) is 0 Å². The van der Waals surface area contributed by atoms with E-state index in [1.807, 2.05) is 4.90 Å². The van der Waals surface area contributed by atoms with E-state index in [-0.39, 0.29) is 18.2 Å². The SMILES string of the molecule is FC(F)(F)c1cc(CN2CCCn3nccc3C2)cc(C(F)(F)F)c1. The molecule has 3 nitrogen and oxygen atoms in total. The van der Waals surface area contributed by atoms with Crippen molar-refractivity contribution in [2.75, 3.05) is 6.54 Å². The summed E-state index contributed by atoms with van der Waals surface area (Å²) in [4.78, 5) is 1.83. The van der Waals surface area contributed by atoms with Crippen molar-refractivity contribution in [3.8, 4) is 0 Å². The van der Waals surface area contributed by atoms with Crippen LogP contribution in [-0.2, 0) is 32.0 Å². The Labute approximate surface area is 139 Å². The van der Waals surface area contributed by atoms with Gasteiger partial charge >= 0.3 is 12.4 Å². The lowest BCUT2D eigenvalue weighted by Crippen LogP contribution is -2.23. The van der Waals surface area contributed by atoms with Crippen molar-refractivity contribution in [3.05, 3.63) is 52.8 Å². The third-order valence-electron chi connectivity index (χ3n) is 4.09. The van der Waals surface area contributed by atoms with Gasteiger partial charge in [-0.1, -0.05) is 0 Å². The van der Waals surface area contributed by atoms with Gasteiger partial charge in [-0.05, 0) is 36.2 Å². The number of rotatable bonds is 2. The van der Waals surface area contributed by atoms with Gasteiger partial charge in [-0.2, -0.15) is 31.4 Å². The van der Waals surface area contributed by atoms with Gasteiger partial charge in [-0.15, -0.1) is 0 Å². The second-order valence-electron chi connectivity index (χ2n) is 6.02. The van der Waals surface area contributed by atoms with E-state index in [1.165, 1.54) is 0 Å². The highest BCUT2D eigenvalue weighted by molar-refractivity contribution is 5.33. The smallest absolute Gasteiger partial charge is 0.293 e. The Morgan fingerprint density at radius 1 is 0.920 bits per heavy atom. The van der Waals surface area contributed by atoms with Gasteiger partial charge < -0.3 is 0 Å². The summed E-state index contributed by atoms with van der Waals surface area (Å²) < 4.78 is 79.5. The molecule has 1 aromatic carbocycles. The van der Waals surface area contributed by atoms with Crippen molar-refractivity contribution >= 4 is 0 Å². The molecule has 25 heavy (non-hydrogen) atoms. The predicted molar refractivity (Wildman–Crippen MR) is 77.4 cm³/mol. The van der Waals surface area contributed by atoms with E-state index >= 15 is 0 Å². The Hall–Kier alpha value is -2.03. The van der Waals surface area contributed by atoms with Crippen LogP contribution in [0.2, 0.25) is 0 Å². The monoisotopic (exact) mass is 363 g/mol. The van der Waals surface area contributed by atoms with Crippen LogP contribution in [0.1, 0.15) is 28.8 Å². The highest BCUT2D eigenvalue weighted by atomic mass is 19.4. The van der Waals surface area contributed by atoms with Crippen LogP contribution in [0, 0.1) is 0 Å². The number of halogens is 6. The van der Waals surface area contributed by atoms with E-state index in [9.17, 15) is 26.3 Å². The average Bonchev–Trinajstić information content (AvgIpc) is 2.84. The van der Waals surface area contributed by atoms with Gasteiger partial charge in [0.2, 0.25) is 0 Å². The molecule has 2 heterocycles. The fourth-order valence-corrected chi connectivity index (χ4v) is 2.95. The quantitative estimate of drug-likeness (QED) is 0.741. The Kier molecular flexibility index (Phi) is 4.52. The van der Waals surface area contributed by atoms with Crippen LogP contribution in [0.3, 0.4) is 0 Å². The maximum absolute atomic E-state index is 12.9. The Balaban J connectivity index is 1.89. The third kappa shape index (κ3) is 4.15. The minimum Gasteiger partial charge on any atom is -0.293 e. The molecule has 0 radical (unpaired) electrons. The van der Waals surface area contributed by atoms with E-state index in [0.29, 0.717) is 19.6 Å². The van der Waals surface area contributed by atoms with Crippen molar-refractivity contribution in [2.24, 2.45) is 0 Å². The van der Waals surface area contributed by atoms with Crippen molar-refractivity contribution in [3.63, 3.8) is 0 Å². The van der Waals surface area contributed by atoms with Gasteiger partial charge in [0, 0.05) is 32.4 Å². The maximum atomic E-state index is 12.9. The Morgan fingerprint density at radius 3 is 2.16 bits per heavy atom. The van der Waals surface area contributed by atoms with E-state index in [0.717, 1.165) is 24.2 Å². The summed E-state index contributed by atoms with van der Waals surface area (Å²) in [7, 11) is 0. The summed E-state index contributed by atoms with van der Waals surface area (Å²) in [5, 5.41) is 4.14.